The SMILES string of the molecule is CC(C)(C)CC(C)(C)NC(=O)COC(=O)c1cc2cc([N+](=O)[O-])ccc2s1. The van der Waals surface area contributed by atoms with Crippen molar-refractivity contribution in [2.45, 2.75) is 46.6 Å². The Morgan fingerprint density at radius 3 is 2.44 bits per heavy atom. The number of carbonyl (C=O) groups excluding carboxylic acids is 2. The van der Waals surface area contributed by atoms with E-state index in [1.165, 1.54) is 29.5 Å². The molecule has 0 fully saturated rings. The van der Waals surface area contributed by atoms with Gasteiger partial charge in [0.05, 0.1) is 4.92 Å². The zero-order valence-corrected chi connectivity index (χ0v) is 16.9. The lowest BCUT2D eigenvalue weighted by molar-refractivity contribution is -0.384. The van der Waals surface area contributed by atoms with Gasteiger partial charge in [0.1, 0.15) is 4.88 Å². The normalized spacial score (nSPS) is 12.0. The molecule has 8 heteroatoms. The van der Waals surface area contributed by atoms with Gasteiger partial charge in [0.15, 0.2) is 6.61 Å². The first-order valence-corrected chi connectivity index (χ1v) is 9.34. The third kappa shape index (κ3) is 6.02. The van der Waals surface area contributed by atoms with Gasteiger partial charge in [-0.05, 0) is 37.8 Å². The highest BCUT2D eigenvalue weighted by atomic mass is 32.1. The molecule has 0 aliphatic rings. The van der Waals surface area contributed by atoms with E-state index in [9.17, 15) is 19.7 Å². The number of hydrogen-bond acceptors (Lipinski definition) is 6. The summed E-state index contributed by atoms with van der Waals surface area (Å²) >= 11 is 1.17. The summed E-state index contributed by atoms with van der Waals surface area (Å²) in [5.74, 6) is -0.989. The molecular weight excluding hydrogens is 368 g/mol. The van der Waals surface area contributed by atoms with Crippen molar-refractivity contribution >= 4 is 39.0 Å². The highest BCUT2D eigenvalue weighted by Crippen LogP contribution is 2.29. The lowest BCUT2D eigenvalue weighted by Gasteiger charge is -2.33. The standard InChI is InChI=1S/C19H24N2O5S/c1-18(2,3)11-19(4,5)20-16(22)10-26-17(23)15-9-12-8-13(21(24)25)6-7-14(12)27-15/h6-9H,10-11H2,1-5H3,(H,20,22). The summed E-state index contributed by atoms with van der Waals surface area (Å²) < 4.78 is 5.84. The van der Waals surface area contributed by atoms with E-state index in [-0.39, 0.29) is 23.6 Å². The number of ether oxygens (including phenoxy) is 1. The first-order valence-electron chi connectivity index (χ1n) is 8.52. The molecule has 1 N–H and O–H groups in total. The molecule has 146 valence electrons. The monoisotopic (exact) mass is 392 g/mol. The van der Waals surface area contributed by atoms with Crippen LogP contribution in [0, 0.1) is 15.5 Å². The Balaban J connectivity index is 1.98. The van der Waals surface area contributed by atoms with E-state index in [1.54, 1.807) is 6.07 Å². The van der Waals surface area contributed by atoms with Crippen molar-refractivity contribution in [1.29, 1.82) is 0 Å². The second-order valence-corrected chi connectivity index (χ2v) is 9.42. The van der Waals surface area contributed by atoms with E-state index in [0.29, 0.717) is 10.3 Å². The number of rotatable bonds is 6. The maximum atomic E-state index is 12.2. The summed E-state index contributed by atoms with van der Waals surface area (Å²) in [5.41, 5.74) is -0.411. The van der Waals surface area contributed by atoms with Gasteiger partial charge >= 0.3 is 5.97 Å². The van der Waals surface area contributed by atoms with Crippen LogP contribution in [0.15, 0.2) is 24.3 Å². The molecule has 0 aliphatic heterocycles. The molecule has 27 heavy (non-hydrogen) atoms. The van der Waals surface area contributed by atoms with Gasteiger partial charge in [0.2, 0.25) is 0 Å². The van der Waals surface area contributed by atoms with Gasteiger partial charge in [-0.3, -0.25) is 14.9 Å². The van der Waals surface area contributed by atoms with E-state index in [0.717, 1.165) is 11.1 Å². The zero-order valence-electron chi connectivity index (χ0n) is 16.1. The number of amides is 1. The number of carbonyl (C=O) groups is 2. The minimum atomic E-state index is -0.623. The second-order valence-electron chi connectivity index (χ2n) is 8.34. The number of fused-ring (bicyclic) bond motifs is 1. The second kappa shape index (κ2) is 7.64. The lowest BCUT2D eigenvalue weighted by atomic mass is 9.82. The molecule has 0 atom stereocenters. The first kappa shape index (κ1) is 20.8. The van der Waals surface area contributed by atoms with Gasteiger partial charge in [0.25, 0.3) is 11.6 Å². The number of non-ortho nitro benzene ring substituents is 1. The van der Waals surface area contributed by atoms with Crippen LogP contribution in [0.3, 0.4) is 0 Å². The summed E-state index contributed by atoms with van der Waals surface area (Å²) in [7, 11) is 0. The minimum Gasteiger partial charge on any atom is -0.451 e. The fourth-order valence-electron chi connectivity index (χ4n) is 3.23. The van der Waals surface area contributed by atoms with E-state index in [2.05, 4.69) is 26.1 Å². The Labute approximate surface area is 161 Å². The summed E-state index contributed by atoms with van der Waals surface area (Å²) in [4.78, 5) is 35.0. The van der Waals surface area contributed by atoms with E-state index in [4.69, 9.17) is 4.74 Å². The Kier molecular flexibility index (Phi) is 5.89. The molecule has 0 bridgehead atoms. The van der Waals surface area contributed by atoms with Gasteiger partial charge in [0, 0.05) is 27.8 Å². The Bertz CT molecular complexity index is 880. The van der Waals surface area contributed by atoms with Crippen LogP contribution < -0.4 is 5.32 Å². The van der Waals surface area contributed by atoms with Gasteiger partial charge in [-0.1, -0.05) is 20.8 Å². The lowest BCUT2D eigenvalue weighted by Crippen LogP contribution is -2.47. The molecular formula is C19H24N2O5S. The number of thiophene rings is 1. The van der Waals surface area contributed by atoms with E-state index in [1.807, 2.05) is 13.8 Å². The number of hydrogen-bond donors (Lipinski definition) is 1. The molecule has 1 aromatic carbocycles. The summed E-state index contributed by atoms with van der Waals surface area (Å²) in [6.45, 7) is 9.75. The minimum absolute atomic E-state index is 0.0410. The van der Waals surface area contributed by atoms with Crippen LogP contribution in [0.2, 0.25) is 0 Å². The molecule has 1 aromatic heterocycles. The molecule has 2 aromatic rings. The molecule has 0 radical (unpaired) electrons. The van der Waals surface area contributed by atoms with Crippen LogP contribution >= 0.6 is 11.3 Å². The van der Waals surface area contributed by atoms with Crippen molar-refractivity contribution in [2.24, 2.45) is 5.41 Å². The molecule has 0 aliphatic carbocycles. The van der Waals surface area contributed by atoms with Crippen molar-refractivity contribution in [1.82, 2.24) is 5.32 Å². The molecule has 1 amide bonds. The summed E-state index contributed by atoms with van der Waals surface area (Å²) in [5, 5.41) is 14.3. The van der Waals surface area contributed by atoms with Gasteiger partial charge in [-0.25, -0.2) is 4.79 Å². The van der Waals surface area contributed by atoms with Crippen molar-refractivity contribution < 1.29 is 19.2 Å². The molecule has 0 saturated carbocycles. The smallest absolute Gasteiger partial charge is 0.348 e. The predicted octanol–water partition coefficient (Wildman–Crippen LogP) is 4.30. The van der Waals surface area contributed by atoms with Crippen LogP contribution in [-0.4, -0.2) is 28.9 Å². The zero-order chi connectivity index (χ0) is 20.4. The molecule has 0 unspecified atom stereocenters. The van der Waals surface area contributed by atoms with E-state index >= 15 is 0 Å². The molecule has 1 heterocycles. The van der Waals surface area contributed by atoms with Crippen molar-refractivity contribution in [3.63, 3.8) is 0 Å². The number of nitro benzene ring substituents is 1. The highest BCUT2D eigenvalue weighted by molar-refractivity contribution is 7.20. The fourth-order valence-corrected chi connectivity index (χ4v) is 4.17. The number of nitrogens with one attached hydrogen (secondary N) is 1. The topological polar surface area (TPSA) is 98.5 Å². The third-order valence-electron chi connectivity index (χ3n) is 3.70. The Hall–Kier alpha value is -2.48. The van der Waals surface area contributed by atoms with Crippen molar-refractivity contribution in [2.75, 3.05) is 6.61 Å². The molecule has 7 nitrogen and oxygen atoms in total. The average molecular weight is 392 g/mol. The third-order valence-corrected chi connectivity index (χ3v) is 4.79. The largest absolute Gasteiger partial charge is 0.451 e. The maximum Gasteiger partial charge on any atom is 0.348 e. The number of nitro groups is 1. The van der Waals surface area contributed by atoms with Gasteiger partial charge < -0.3 is 10.1 Å². The molecule has 2 rings (SSSR count). The Morgan fingerprint density at radius 1 is 1.19 bits per heavy atom. The van der Waals surface area contributed by atoms with Crippen LogP contribution in [0.1, 0.15) is 50.7 Å². The predicted molar refractivity (Wildman–Crippen MR) is 105 cm³/mol. The molecule has 0 spiro atoms. The van der Waals surface area contributed by atoms with Crippen LogP contribution in [-0.2, 0) is 9.53 Å². The van der Waals surface area contributed by atoms with Crippen LogP contribution in [0.5, 0.6) is 0 Å². The number of nitrogens with zero attached hydrogens (tertiary/aromatic N) is 1. The maximum absolute atomic E-state index is 12.2. The fraction of sp³-hybridized carbons (Fsp3) is 0.474. The Morgan fingerprint density at radius 2 is 1.85 bits per heavy atom. The van der Waals surface area contributed by atoms with Gasteiger partial charge in [-0.15, -0.1) is 11.3 Å². The average Bonchev–Trinajstić information content (AvgIpc) is 2.92. The highest BCUT2D eigenvalue weighted by Gasteiger charge is 2.27. The van der Waals surface area contributed by atoms with Crippen LogP contribution in [0.4, 0.5) is 5.69 Å². The van der Waals surface area contributed by atoms with Crippen LogP contribution in [0.25, 0.3) is 10.1 Å². The number of esters is 1. The van der Waals surface area contributed by atoms with Crippen molar-refractivity contribution in [3.8, 4) is 0 Å². The molecule has 0 saturated heterocycles. The van der Waals surface area contributed by atoms with E-state index < -0.39 is 16.4 Å². The number of benzene rings is 1. The summed E-state index contributed by atoms with van der Waals surface area (Å²) in [6.07, 6.45) is 0.773. The van der Waals surface area contributed by atoms with Gasteiger partial charge in [-0.2, -0.15) is 0 Å². The first-order chi connectivity index (χ1) is 12.4. The summed E-state index contributed by atoms with van der Waals surface area (Å²) in [6, 6.07) is 5.93. The quantitative estimate of drug-likeness (QED) is 0.449. The van der Waals surface area contributed by atoms with Crippen molar-refractivity contribution in [3.05, 3.63) is 39.3 Å².